The van der Waals surface area contributed by atoms with Gasteiger partial charge in [0.1, 0.15) is 5.82 Å². The highest BCUT2D eigenvalue weighted by Gasteiger charge is 2.04. The summed E-state index contributed by atoms with van der Waals surface area (Å²) in [6.45, 7) is 0. The third-order valence-electron chi connectivity index (χ3n) is 2.57. The van der Waals surface area contributed by atoms with E-state index in [1.165, 1.54) is 12.1 Å². The SMILES string of the molecule is Fc1ccc2ncc(-c3ccnc(Cl)n3)cc2c1. The van der Waals surface area contributed by atoms with Crippen LogP contribution in [0.15, 0.2) is 42.7 Å². The lowest BCUT2D eigenvalue weighted by atomic mass is 10.1. The molecule has 2 heterocycles. The van der Waals surface area contributed by atoms with E-state index in [9.17, 15) is 4.39 Å². The van der Waals surface area contributed by atoms with Gasteiger partial charge >= 0.3 is 0 Å². The fourth-order valence-electron chi connectivity index (χ4n) is 1.74. The molecule has 0 aliphatic rings. The summed E-state index contributed by atoms with van der Waals surface area (Å²) >= 11 is 5.74. The molecular weight excluding hydrogens is 253 g/mol. The maximum atomic E-state index is 13.2. The molecule has 0 saturated heterocycles. The second kappa shape index (κ2) is 4.31. The summed E-state index contributed by atoms with van der Waals surface area (Å²) in [6, 6.07) is 8.02. The van der Waals surface area contributed by atoms with Crippen molar-refractivity contribution in [1.82, 2.24) is 15.0 Å². The predicted molar refractivity (Wildman–Crippen MR) is 67.7 cm³/mol. The van der Waals surface area contributed by atoms with Crippen molar-refractivity contribution < 1.29 is 4.39 Å². The third-order valence-corrected chi connectivity index (χ3v) is 2.75. The lowest BCUT2D eigenvalue weighted by Gasteiger charge is -2.03. The fourth-order valence-corrected chi connectivity index (χ4v) is 1.89. The van der Waals surface area contributed by atoms with Crippen LogP contribution < -0.4 is 0 Å². The second-order valence-electron chi connectivity index (χ2n) is 3.77. The normalized spacial score (nSPS) is 10.8. The van der Waals surface area contributed by atoms with Gasteiger partial charge in [0, 0.05) is 23.3 Å². The van der Waals surface area contributed by atoms with E-state index in [1.54, 1.807) is 24.5 Å². The predicted octanol–water partition coefficient (Wildman–Crippen LogP) is 3.48. The molecule has 0 unspecified atom stereocenters. The van der Waals surface area contributed by atoms with Crippen LogP contribution in [-0.4, -0.2) is 15.0 Å². The minimum atomic E-state index is -0.290. The molecule has 0 aliphatic carbocycles. The molecule has 0 atom stereocenters. The second-order valence-corrected chi connectivity index (χ2v) is 4.11. The minimum absolute atomic E-state index is 0.173. The molecule has 1 aromatic carbocycles. The molecule has 0 fully saturated rings. The highest BCUT2D eigenvalue weighted by atomic mass is 35.5. The molecule has 3 nitrogen and oxygen atoms in total. The number of pyridine rings is 1. The van der Waals surface area contributed by atoms with Crippen LogP contribution in [-0.2, 0) is 0 Å². The Morgan fingerprint density at radius 1 is 1.06 bits per heavy atom. The molecule has 0 spiro atoms. The first-order valence-electron chi connectivity index (χ1n) is 5.26. The topological polar surface area (TPSA) is 38.7 Å². The summed E-state index contributed by atoms with van der Waals surface area (Å²) in [5.74, 6) is -0.290. The highest BCUT2D eigenvalue weighted by Crippen LogP contribution is 2.22. The lowest BCUT2D eigenvalue weighted by molar-refractivity contribution is 0.629. The Kier molecular flexibility index (Phi) is 2.64. The van der Waals surface area contributed by atoms with E-state index in [0.29, 0.717) is 5.69 Å². The van der Waals surface area contributed by atoms with Gasteiger partial charge in [-0.1, -0.05) is 0 Å². The zero-order valence-electron chi connectivity index (χ0n) is 9.14. The van der Waals surface area contributed by atoms with Crippen LogP contribution >= 0.6 is 11.6 Å². The molecule has 88 valence electrons. The summed E-state index contributed by atoms with van der Waals surface area (Å²) < 4.78 is 13.2. The average molecular weight is 260 g/mol. The first-order chi connectivity index (χ1) is 8.72. The van der Waals surface area contributed by atoms with Crippen molar-refractivity contribution in [2.45, 2.75) is 0 Å². The molecule has 18 heavy (non-hydrogen) atoms. The Labute approximate surface area is 107 Å². The van der Waals surface area contributed by atoms with Gasteiger partial charge in [-0.05, 0) is 41.9 Å². The van der Waals surface area contributed by atoms with E-state index in [4.69, 9.17) is 11.6 Å². The molecule has 3 rings (SSSR count). The highest BCUT2D eigenvalue weighted by molar-refractivity contribution is 6.28. The zero-order chi connectivity index (χ0) is 12.5. The smallest absolute Gasteiger partial charge is 0.222 e. The zero-order valence-corrected chi connectivity index (χ0v) is 9.89. The van der Waals surface area contributed by atoms with Crippen LogP contribution in [0.4, 0.5) is 4.39 Å². The molecule has 0 bridgehead atoms. The number of hydrogen-bond acceptors (Lipinski definition) is 3. The fraction of sp³-hybridized carbons (Fsp3) is 0. The van der Waals surface area contributed by atoms with Crippen molar-refractivity contribution in [3.63, 3.8) is 0 Å². The Morgan fingerprint density at radius 3 is 2.78 bits per heavy atom. The standard InChI is InChI=1S/C13H7ClFN3/c14-13-16-4-3-12(18-13)9-5-8-6-10(15)1-2-11(8)17-7-9/h1-7H. The summed E-state index contributed by atoms with van der Waals surface area (Å²) in [7, 11) is 0. The number of benzene rings is 1. The monoisotopic (exact) mass is 259 g/mol. The van der Waals surface area contributed by atoms with Gasteiger partial charge in [0.2, 0.25) is 5.28 Å². The van der Waals surface area contributed by atoms with Crippen molar-refractivity contribution in [1.29, 1.82) is 0 Å². The molecule has 5 heteroatoms. The van der Waals surface area contributed by atoms with Crippen molar-refractivity contribution in [3.05, 3.63) is 53.8 Å². The molecule has 0 amide bonds. The van der Waals surface area contributed by atoms with Crippen LogP contribution in [0.25, 0.3) is 22.2 Å². The summed E-state index contributed by atoms with van der Waals surface area (Å²) in [5.41, 5.74) is 2.17. The average Bonchev–Trinajstić information content (AvgIpc) is 2.38. The van der Waals surface area contributed by atoms with Crippen molar-refractivity contribution in [2.75, 3.05) is 0 Å². The largest absolute Gasteiger partial charge is 0.256 e. The van der Waals surface area contributed by atoms with Gasteiger partial charge in [0.25, 0.3) is 0 Å². The van der Waals surface area contributed by atoms with Gasteiger partial charge < -0.3 is 0 Å². The third kappa shape index (κ3) is 2.02. The van der Waals surface area contributed by atoms with Gasteiger partial charge in [-0.3, -0.25) is 4.98 Å². The van der Waals surface area contributed by atoms with Gasteiger partial charge in [-0.15, -0.1) is 0 Å². The molecule has 0 N–H and O–H groups in total. The Bertz CT molecular complexity index is 730. The molecule has 0 aliphatic heterocycles. The van der Waals surface area contributed by atoms with Gasteiger partial charge in [0.15, 0.2) is 0 Å². The Morgan fingerprint density at radius 2 is 1.94 bits per heavy atom. The van der Waals surface area contributed by atoms with Gasteiger partial charge in [0.05, 0.1) is 11.2 Å². The van der Waals surface area contributed by atoms with Crippen LogP contribution in [0.1, 0.15) is 0 Å². The van der Waals surface area contributed by atoms with E-state index < -0.39 is 0 Å². The number of hydrogen-bond donors (Lipinski definition) is 0. The number of rotatable bonds is 1. The quantitative estimate of drug-likeness (QED) is 0.628. The van der Waals surface area contributed by atoms with Crippen molar-refractivity contribution in [2.24, 2.45) is 0 Å². The number of aromatic nitrogens is 3. The summed E-state index contributed by atoms with van der Waals surface area (Å²) in [4.78, 5) is 12.2. The molecule has 0 radical (unpaired) electrons. The van der Waals surface area contributed by atoms with Crippen LogP contribution in [0, 0.1) is 5.82 Å². The molecular formula is C13H7ClFN3. The van der Waals surface area contributed by atoms with E-state index in [-0.39, 0.29) is 11.1 Å². The van der Waals surface area contributed by atoms with Crippen molar-refractivity contribution >= 4 is 22.5 Å². The molecule has 3 aromatic rings. The van der Waals surface area contributed by atoms with E-state index in [1.807, 2.05) is 6.07 Å². The Balaban J connectivity index is 2.18. The van der Waals surface area contributed by atoms with Gasteiger partial charge in [-0.25, -0.2) is 14.4 Å². The van der Waals surface area contributed by atoms with Crippen LogP contribution in [0.3, 0.4) is 0 Å². The molecule has 2 aromatic heterocycles. The first kappa shape index (κ1) is 11.0. The van der Waals surface area contributed by atoms with Crippen LogP contribution in [0.2, 0.25) is 5.28 Å². The number of fused-ring (bicyclic) bond motifs is 1. The van der Waals surface area contributed by atoms with Gasteiger partial charge in [-0.2, -0.15) is 0 Å². The van der Waals surface area contributed by atoms with Crippen molar-refractivity contribution in [3.8, 4) is 11.3 Å². The number of nitrogens with zero attached hydrogens (tertiary/aromatic N) is 3. The maximum Gasteiger partial charge on any atom is 0.222 e. The lowest BCUT2D eigenvalue weighted by Crippen LogP contribution is -1.88. The Hall–Kier alpha value is -2.07. The van der Waals surface area contributed by atoms with Crippen LogP contribution in [0.5, 0.6) is 0 Å². The minimum Gasteiger partial charge on any atom is -0.256 e. The maximum absolute atomic E-state index is 13.2. The van der Waals surface area contributed by atoms with E-state index >= 15 is 0 Å². The first-order valence-corrected chi connectivity index (χ1v) is 5.64. The van der Waals surface area contributed by atoms with E-state index in [0.717, 1.165) is 16.5 Å². The molecule has 0 saturated carbocycles. The van der Waals surface area contributed by atoms with E-state index in [2.05, 4.69) is 15.0 Å². The number of halogens is 2. The summed E-state index contributed by atoms with van der Waals surface area (Å²) in [5, 5.41) is 0.897. The summed E-state index contributed by atoms with van der Waals surface area (Å²) in [6.07, 6.45) is 3.25.